The molecule has 0 aromatic heterocycles. The van der Waals surface area contributed by atoms with E-state index in [4.69, 9.17) is 11.5 Å². The van der Waals surface area contributed by atoms with Crippen LogP contribution >= 0.6 is 0 Å². The third kappa shape index (κ3) is 3.55. The minimum atomic E-state index is -0.392. The van der Waals surface area contributed by atoms with Crippen LogP contribution in [0.1, 0.15) is 45.6 Å². The number of rotatable bonds is 4. The molecule has 114 valence electrons. The van der Waals surface area contributed by atoms with E-state index in [-0.39, 0.29) is 11.5 Å². The summed E-state index contributed by atoms with van der Waals surface area (Å²) in [5, 5.41) is 12.0. The maximum atomic E-state index is 10.1. The van der Waals surface area contributed by atoms with Gasteiger partial charge >= 0.3 is 0 Å². The molecular weight excluding hydrogens is 260 g/mol. The predicted molar refractivity (Wildman–Crippen MR) is 89.5 cm³/mol. The van der Waals surface area contributed by atoms with Crippen molar-refractivity contribution in [3.63, 3.8) is 0 Å². The molecule has 21 heavy (non-hydrogen) atoms. The van der Waals surface area contributed by atoms with Crippen molar-refractivity contribution in [3.05, 3.63) is 42.0 Å². The van der Waals surface area contributed by atoms with Gasteiger partial charge in [-0.15, -0.1) is 0 Å². The lowest BCUT2D eigenvalue weighted by molar-refractivity contribution is 0.325. The van der Waals surface area contributed by atoms with Crippen LogP contribution in [0.3, 0.4) is 0 Å². The molecule has 2 aromatic carbocycles. The van der Waals surface area contributed by atoms with Crippen molar-refractivity contribution in [2.45, 2.75) is 51.1 Å². The third-order valence-electron chi connectivity index (χ3n) is 3.94. The van der Waals surface area contributed by atoms with Crippen LogP contribution in [0.2, 0.25) is 0 Å². The number of phenols is 1. The Labute approximate surface area is 127 Å². The molecule has 1 atom stereocenters. The molecule has 3 heteroatoms. The molecule has 0 saturated carbocycles. The van der Waals surface area contributed by atoms with Gasteiger partial charge in [0.2, 0.25) is 0 Å². The van der Waals surface area contributed by atoms with E-state index in [9.17, 15) is 5.11 Å². The fourth-order valence-electron chi connectivity index (χ4n) is 2.91. The van der Waals surface area contributed by atoms with Gasteiger partial charge in [-0.25, -0.2) is 0 Å². The number of aromatic hydroxyl groups is 1. The van der Waals surface area contributed by atoms with E-state index in [1.807, 2.05) is 58.0 Å². The van der Waals surface area contributed by atoms with Crippen LogP contribution in [0, 0.1) is 0 Å². The first kappa shape index (κ1) is 15.8. The summed E-state index contributed by atoms with van der Waals surface area (Å²) >= 11 is 0. The van der Waals surface area contributed by atoms with Crippen LogP contribution < -0.4 is 11.5 Å². The average Bonchev–Trinajstić information content (AvgIpc) is 2.35. The second-order valence-corrected chi connectivity index (χ2v) is 7.29. The second kappa shape index (κ2) is 5.32. The number of hydrogen-bond acceptors (Lipinski definition) is 3. The zero-order valence-electron chi connectivity index (χ0n) is 13.4. The number of hydrogen-bond donors (Lipinski definition) is 3. The molecule has 0 bridgehead atoms. The maximum absolute atomic E-state index is 10.1. The van der Waals surface area contributed by atoms with Crippen molar-refractivity contribution in [3.8, 4) is 5.75 Å². The largest absolute Gasteiger partial charge is 0.507 e. The van der Waals surface area contributed by atoms with Gasteiger partial charge in [-0.3, -0.25) is 0 Å². The lowest BCUT2D eigenvalue weighted by atomic mass is 9.74. The van der Waals surface area contributed by atoms with Gasteiger partial charge in [-0.05, 0) is 51.1 Å². The molecule has 2 rings (SSSR count). The standard InChI is InChI=1S/C18H26N2O/c1-17(2,19)11-15(18(3,4)20)13-9-10-16(21)14-8-6-5-7-12(13)14/h5-10,15,21H,11,19-20H2,1-4H3. The maximum Gasteiger partial charge on any atom is 0.123 e. The quantitative estimate of drug-likeness (QED) is 0.805. The van der Waals surface area contributed by atoms with E-state index >= 15 is 0 Å². The Balaban J connectivity index is 2.63. The van der Waals surface area contributed by atoms with Crippen LogP contribution in [0.25, 0.3) is 10.8 Å². The molecule has 0 amide bonds. The zero-order valence-corrected chi connectivity index (χ0v) is 13.4. The Kier molecular flexibility index (Phi) is 4.00. The van der Waals surface area contributed by atoms with Crippen LogP contribution in [0.5, 0.6) is 5.75 Å². The molecule has 0 spiro atoms. The van der Waals surface area contributed by atoms with Crippen LogP contribution in [-0.2, 0) is 0 Å². The summed E-state index contributed by atoms with van der Waals surface area (Å²) in [6.45, 7) is 8.11. The zero-order chi connectivity index (χ0) is 15.8. The van der Waals surface area contributed by atoms with Crippen molar-refractivity contribution >= 4 is 10.8 Å². The fourth-order valence-corrected chi connectivity index (χ4v) is 2.91. The first-order valence-corrected chi connectivity index (χ1v) is 7.38. The number of benzene rings is 2. The van der Waals surface area contributed by atoms with E-state index in [0.717, 1.165) is 22.8 Å². The van der Waals surface area contributed by atoms with Crippen molar-refractivity contribution in [1.29, 1.82) is 0 Å². The van der Waals surface area contributed by atoms with E-state index in [0.29, 0.717) is 5.75 Å². The lowest BCUT2D eigenvalue weighted by Gasteiger charge is -2.36. The summed E-state index contributed by atoms with van der Waals surface area (Å²) in [5.41, 5.74) is 13.1. The number of fused-ring (bicyclic) bond motifs is 1. The molecule has 2 aromatic rings. The molecule has 3 nitrogen and oxygen atoms in total. The van der Waals surface area contributed by atoms with Crippen molar-refractivity contribution in [2.75, 3.05) is 0 Å². The number of nitrogens with two attached hydrogens (primary N) is 2. The SMILES string of the molecule is CC(C)(N)CC(c1ccc(O)c2ccccc12)C(C)(C)N. The summed E-state index contributed by atoms with van der Waals surface area (Å²) in [6.07, 6.45) is 0.783. The first-order valence-electron chi connectivity index (χ1n) is 7.38. The topological polar surface area (TPSA) is 72.3 Å². The molecule has 0 aliphatic carbocycles. The summed E-state index contributed by atoms with van der Waals surface area (Å²) in [6, 6.07) is 11.6. The van der Waals surface area contributed by atoms with Gasteiger partial charge in [0.1, 0.15) is 5.75 Å². The molecule has 1 unspecified atom stereocenters. The summed E-state index contributed by atoms with van der Waals surface area (Å²) < 4.78 is 0. The Morgan fingerprint density at radius 1 is 0.952 bits per heavy atom. The molecule has 0 radical (unpaired) electrons. The van der Waals surface area contributed by atoms with Gasteiger partial charge < -0.3 is 16.6 Å². The third-order valence-corrected chi connectivity index (χ3v) is 3.94. The Bertz CT molecular complexity index is 636. The fraction of sp³-hybridized carbons (Fsp3) is 0.444. The van der Waals surface area contributed by atoms with Crippen molar-refractivity contribution in [1.82, 2.24) is 0 Å². The highest BCUT2D eigenvalue weighted by molar-refractivity contribution is 5.91. The van der Waals surface area contributed by atoms with Gasteiger partial charge in [-0.1, -0.05) is 30.3 Å². The minimum absolute atomic E-state index is 0.114. The van der Waals surface area contributed by atoms with E-state index in [1.165, 1.54) is 0 Å². The summed E-state index contributed by atoms with van der Waals surface area (Å²) in [7, 11) is 0. The predicted octanol–water partition coefficient (Wildman–Crippen LogP) is 3.49. The van der Waals surface area contributed by atoms with Crippen LogP contribution in [0.4, 0.5) is 0 Å². The monoisotopic (exact) mass is 286 g/mol. The molecular formula is C18H26N2O. The molecule has 0 heterocycles. The highest BCUT2D eigenvalue weighted by Crippen LogP contribution is 2.39. The van der Waals surface area contributed by atoms with Crippen LogP contribution in [-0.4, -0.2) is 16.2 Å². The van der Waals surface area contributed by atoms with E-state index < -0.39 is 5.54 Å². The molecule has 0 aliphatic rings. The van der Waals surface area contributed by atoms with Gasteiger partial charge in [0, 0.05) is 22.4 Å². The molecule has 0 fully saturated rings. The second-order valence-electron chi connectivity index (χ2n) is 7.29. The van der Waals surface area contributed by atoms with E-state index in [2.05, 4.69) is 0 Å². The summed E-state index contributed by atoms with van der Waals surface area (Å²) in [4.78, 5) is 0. The van der Waals surface area contributed by atoms with Crippen molar-refractivity contribution in [2.24, 2.45) is 11.5 Å². The minimum Gasteiger partial charge on any atom is -0.507 e. The smallest absolute Gasteiger partial charge is 0.123 e. The Hall–Kier alpha value is -1.58. The normalized spacial score (nSPS) is 14.4. The highest BCUT2D eigenvalue weighted by Gasteiger charge is 2.32. The van der Waals surface area contributed by atoms with Gasteiger partial charge in [-0.2, -0.15) is 0 Å². The van der Waals surface area contributed by atoms with E-state index in [1.54, 1.807) is 6.07 Å². The number of phenolic OH excluding ortho intramolecular Hbond substituents is 1. The Morgan fingerprint density at radius 2 is 1.52 bits per heavy atom. The Morgan fingerprint density at radius 3 is 2.05 bits per heavy atom. The van der Waals surface area contributed by atoms with Crippen molar-refractivity contribution < 1.29 is 5.11 Å². The van der Waals surface area contributed by atoms with Gasteiger partial charge in [0.15, 0.2) is 0 Å². The summed E-state index contributed by atoms with van der Waals surface area (Å²) in [5.74, 6) is 0.415. The highest BCUT2D eigenvalue weighted by atomic mass is 16.3. The van der Waals surface area contributed by atoms with Crippen LogP contribution in [0.15, 0.2) is 36.4 Å². The molecule has 5 N–H and O–H groups in total. The average molecular weight is 286 g/mol. The van der Waals surface area contributed by atoms with Gasteiger partial charge in [0.25, 0.3) is 0 Å². The van der Waals surface area contributed by atoms with Gasteiger partial charge in [0.05, 0.1) is 0 Å². The first-order chi connectivity index (χ1) is 9.59. The molecule has 0 saturated heterocycles. The lowest BCUT2D eigenvalue weighted by Crippen LogP contribution is -2.45. The molecule has 0 aliphatic heterocycles.